The highest BCUT2D eigenvalue weighted by atomic mass is 19.1. The van der Waals surface area contributed by atoms with E-state index in [9.17, 15) is 14.0 Å². The van der Waals surface area contributed by atoms with Crippen LogP contribution >= 0.6 is 0 Å². The zero-order chi connectivity index (χ0) is 17.7. The van der Waals surface area contributed by atoms with Gasteiger partial charge in [0, 0.05) is 25.9 Å². The maximum Gasteiger partial charge on any atom is 0.405 e. The van der Waals surface area contributed by atoms with Crippen LogP contribution in [0, 0.1) is 11.7 Å². The van der Waals surface area contributed by atoms with E-state index in [1.807, 2.05) is 0 Å². The maximum absolute atomic E-state index is 12.9. The molecule has 0 aromatic heterocycles. The Labute approximate surface area is 140 Å². The molecule has 2 rings (SSSR count). The number of halogens is 1. The molecule has 24 heavy (non-hydrogen) atoms. The summed E-state index contributed by atoms with van der Waals surface area (Å²) in [4.78, 5) is 25.1. The van der Waals surface area contributed by atoms with E-state index in [-0.39, 0.29) is 23.7 Å². The number of piperidine rings is 1. The number of primary amides is 1. The number of amides is 2. The molecule has 1 heterocycles. The number of carbonyl (C=O) groups is 2. The fourth-order valence-corrected chi connectivity index (χ4v) is 2.68. The van der Waals surface area contributed by atoms with Crippen molar-refractivity contribution in [2.75, 3.05) is 13.1 Å². The van der Waals surface area contributed by atoms with E-state index in [2.05, 4.69) is 0 Å². The lowest BCUT2D eigenvalue weighted by Crippen LogP contribution is -2.49. The van der Waals surface area contributed by atoms with Crippen LogP contribution in [0.1, 0.15) is 26.7 Å². The van der Waals surface area contributed by atoms with Crippen molar-refractivity contribution in [1.82, 2.24) is 4.90 Å². The second-order valence-corrected chi connectivity index (χ2v) is 6.20. The summed E-state index contributed by atoms with van der Waals surface area (Å²) < 4.78 is 23.6. The molecular formula is C17H23FN2O4. The number of ether oxygens (including phenoxy) is 2. The topological polar surface area (TPSA) is 81.9 Å². The van der Waals surface area contributed by atoms with Gasteiger partial charge in [-0.2, -0.15) is 0 Å². The highest BCUT2D eigenvalue weighted by molar-refractivity contribution is 5.83. The molecule has 1 aromatic rings. The third-order valence-electron chi connectivity index (χ3n) is 3.96. The SMILES string of the molecule is CC(C)[C@@H](OC(N)=O)C(=O)N1CCC(Oc2ccc(F)cc2)CC1. The molecule has 0 bridgehead atoms. The molecule has 2 amide bonds. The molecule has 0 saturated carbocycles. The number of benzene rings is 1. The normalized spacial score (nSPS) is 16.8. The van der Waals surface area contributed by atoms with Crippen molar-refractivity contribution in [3.05, 3.63) is 30.1 Å². The van der Waals surface area contributed by atoms with Crippen LogP contribution in [0.25, 0.3) is 0 Å². The van der Waals surface area contributed by atoms with Gasteiger partial charge >= 0.3 is 6.09 Å². The summed E-state index contributed by atoms with van der Waals surface area (Å²) in [6.07, 6.45) is -0.530. The summed E-state index contributed by atoms with van der Waals surface area (Å²) in [5.74, 6) is -0.0857. The molecular weight excluding hydrogens is 315 g/mol. The van der Waals surface area contributed by atoms with Crippen molar-refractivity contribution in [1.29, 1.82) is 0 Å². The predicted molar refractivity (Wildman–Crippen MR) is 85.9 cm³/mol. The minimum atomic E-state index is -0.948. The van der Waals surface area contributed by atoms with Crippen molar-refractivity contribution >= 4 is 12.0 Å². The van der Waals surface area contributed by atoms with Crippen LogP contribution in [0.15, 0.2) is 24.3 Å². The zero-order valence-corrected chi connectivity index (χ0v) is 13.9. The molecule has 1 fully saturated rings. The van der Waals surface area contributed by atoms with E-state index >= 15 is 0 Å². The van der Waals surface area contributed by atoms with Crippen LogP contribution in [0.4, 0.5) is 9.18 Å². The summed E-state index contributed by atoms with van der Waals surface area (Å²) in [6.45, 7) is 4.62. The van der Waals surface area contributed by atoms with Crippen LogP contribution in [0.2, 0.25) is 0 Å². The lowest BCUT2D eigenvalue weighted by Gasteiger charge is -2.34. The molecule has 132 valence electrons. The highest BCUT2D eigenvalue weighted by Crippen LogP contribution is 2.21. The Morgan fingerprint density at radius 3 is 2.29 bits per heavy atom. The van der Waals surface area contributed by atoms with Crippen molar-refractivity contribution in [3.8, 4) is 5.75 Å². The Morgan fingerprint density at radius 2 is 1.79 bits per heavy atom. The first-order chi connectivity index (χ1) is 11.4. The second kappa shape index (κ2) is 7.99. The Morgan fingerprint density at radius 1 is 1.21 bits per heavy atom. The first-order valence-corrected chi connectivity index (χ1v) is 8.04. The van der Waals surface area contributed by atoms with Gasteiger partial charge in [-0.25, -0.2) is 9.18 Å². The van der Waals surface area contributed by atoms with Crippen LogP contribution in [-0.2, 0) is 9.53 Å². The summed E-state index contributed by atoms with van der Waals surface area (Å²) in [6, 6.07) is 5.87. The number of nitrogens with zero attached hydrogens (tertiary/aromatic N) is 1. The molecule has 1 aromatic carbocycles. The quantitative estimate of drug-likeness (QED) is 0.893. The molecule has 1 aliphatic heterocycles. The summed E-state index contributed by atoms with van der Waals surface area (Å²) in [5.41, 5.74) is 5.04. The average Bonchev–Trinajstić information content (AvgIpc) is 2.54. The van der Waals surface area contributed by atoms with Gasteiger partial charge in [-0.1, -0.05) is 13.8 Å². The zero-order valence-electron chi connectivity index (χ0n) is 13.9. The van der Waals surface area contributed by atoms with E-state index in [0.29, 0.717) is 31.7 Å². The monoisotopic (exact) mass is 338 g/mol. The van der Waals surface area contributed by atoms with Crippen LogP contribution in [-0.4, -0.2) is 42.2 Å². The molecule has 6 nitrogen and oxygen atoms in total. The predicted octanol–water partition coefficient (Wildman–Crippen LogP) is 2.32. The van der Waals surface area contributed by atoms with Crippen molar-refractivity contribution < 1.29 is 23.5 Å². The number of nitrogens with two attached hydrogens (primary N) is 1. The van der Waals surface area contributed by atoms with Gasteiger partial charge in [0.2, 0.25) is 0 Å². The average molecular weight is 338 g/mol. The van der Waals surface area contributed by atoms with Gasteiger partial charge in [0.1, 0.15) is 17.7 Å². The first kappa shape index (κ1) is 18.0. The number of hydrogen-bond acceptors (Lipinski definition) is 4. The maximum atomic E-state index is 12.9. The van der Waals surface area contributed by atoms with E-state index in [1.54, 1.807) is 30.9 Å². The molecule has 0 spiro atoms. The number of hydrogen-bond donors (Lipinski definition) is 1. The fraction of sp³-hybridized carbons (Fsp3) is 0.529. The van der Waals surface area contributed by atoms with Crippen LogP contribution in [0.3, 0.4) is 0 Å². The van der Waals surface area contributed by atoms with Crippen molar-refractivity contribution in [2.45, 2.75) is 38.9 Å². The lowest BCUT2D eigenvalue weighted by molar-refractivity contribution is -0.144. The third-order valence-corrected chi connectivity index (χ3v) is 3.96. The Hall–Kier alpha value is -2.31. The number of rotatable bonds is 5. The highest BCUT2D eigenvalue weighted by Gasteiger charge is 2.32. The molecule has 7 heteroatoms. The largest absolute Gasteiger partial charge is 0.490 e. The Balaban J connectivity index is 1.87. The molecule has 2 N–H and O–H groups in total. The Kier molecular flexibility index (Phi) is 6.00. The van der Waals surface area contributed by atoms with E-state index in [4.69, 9.17) is 15.2 Å². The van der Waals surface area contributed by atoms with Gasteiger partial charge in [0.05, 0.1) is 0 Å². The van der Waals surface area contributed by atoms with Gasteiger partial charge < -0.3 is 20.1 Å². The molecule has 1 atom stereocenters. The molecule has 1 saturated heterocycles. The first-order valence-electron chi connectivity index (χ1n) is 8.04. The lowest BCUT2D eigenvalue weighted by atomic mass is 10.0. The van der Waals surface area contributed by atoms with Gasteiger partial charge in [-0.3, -0.25) is 4.79 Å². The fourth-order valence-electron chi connectivity index (χ4n) is 2.68. The second-order valence-electron chi connectivity index (χ2n) is 6.20. The standard InChI is InChI=1S/C17H23FN2O4/c1-11(2)15(24-17(19)22)16(21)20-9-7-14(8-10-20)23-13-5-3-12(18)4-6-13/h3-6,11,14-15H,7-10H2,1-2H3,(H2,19,22)/t15-/m1/s1. The van der Waals surface area contributed by atoms with Gasteiger partial charge in [-0.15, -0.1) is 0 Å². The van der Waals surface area contributed by atoms with Crippen LogP contribution < -0.4 is 10.5 Å². The summed E-state index contributed by atoms with van der Waals surface area (Å²) in [7, 11) is 0. The van der Waals surface area contributed by atoms with E-state index < -0.39 is 12.2 Å². The van der Waals surface area contributed by atoms with Crippen molar-refractivity contribution in [2.24, 2.45) is 11.7 Å². The minimum absolute atomic E-state index is 0.0333. The van der Waals surface area contributed by atoms with Crippen molar-refractivity contribution in [3.63, 3.8) is 0 Å². The van der Waals surface area contributed by atoms with Gasteiger partial charge in [0.25, 0.3) is 5.91 Å². The Bertz CT molecular complexity index is 568. The molecule has 0 unspecified atom stereocenters. The van der Waals surface area contributed by atoms with E-state index in [1.165, 1.54) is 12.1 Å². The molecule has 1 aliphatic rings. The smallest absolute Gasteiger partial charge is 0.405 e. The van der Waals surface area contributed by atoms with Gasteiger partial charge in [0.15, 0.2) is 6.10 Å². The van der Waals surface area contributed by atoms with Crippen LogP contribution in [0.5, 0.6) is 5.75 Å². The molecule has 0 radical (unpaired) electrons. The minimum Gasteiger partial charge on any atom is -0.490 e. The third kappa shape index (κ3) is 4.84. The summed E-state index contributed by atoms with van der Waals surface area (Å²) >= 11 is 0. The summed E-state index contributed by atoms with van der Waals surface area (Å²) in [5, 5.41) is 0. The number of likely N-dealkylation sites (tertiary alicyclic amines) is 1. The van der Waals surface area contributed by atoms with E-state index in [0.717, 1.165) is 0 Å². The number of carbonyl (C=O) groups excluding carboxylic acids is 2. The van der Waals surface area contributed by atoms with Gasteiger partial charge in [-0.05, 0) is 30.2 Å². The molecule has 0 aliphatic carbocycles.